The van der Waals surface area contributed by atoms with Gasteiger partial charge in [-0.15, -0.1) is 11.3 Å². The highest BCUT2D eigenvalue weighted by Gasteiger charge is 2.27. The Balaban J connectivity index is 1.55. The van der Waals surface area contributed by atoms with E-state index in [0.717, 1.165) is 55.4 Å². The Hall–Kier alpha value is -1.28. The summed E-state index contributed by atoms with van der Waals surface area (Å²) in [6, 6.07) is 2.44. The van der Waals surface area contributed by atoms with Crippen LogP contribution in [-0.4, -0.2) is 54.7 Å². The highest BCUT2D eigenvalue weighted by Crippen LogP contribution is 2.26. The van der Waals surface area contributed by atoms with Gasteiger partial charge in [-0.2, -0.15) is 11.3 Å². The van der Waals surface area contributed by atoms with Crippen molar-refractivity contribution in [2.24, 2.45) is 5.92 Å². The Kier molecular flexibility index (Phi) is 7.81. The third-order valence-corrected chi connectivity index (χ3v) is 6.90. The topological polar surface area (TPSA) is 54.5 Å². The van der Waals surface area contributed by atoms with Gasteiger partial charge in [0.2, 0.25) is 5.91 Å². The molecule has 1 aliphatic rings. The lowest BCUT2D eigenvalue weighted by Crippen LogP contribution is -2.52. The molecule has 0 aromatic carbocycles. The van der Waals surface area contributed by atoms with E-state index >= 15 is 0 Å². The van der Waals surface area contributed by atoms with Crippen LogP contribution in [0.3, 0.4) is 0 Å². The number of nitrogens with zero attached hydrogens (tertiary/aromatic N) is 2. The van der Waals surface area contributed by atoms with Gasteiger partial charge < -0.3 is 10.1 Å². The number of thiophene rings is 1. The van der Waals surface area contributed by atoms with Crippen molar-refractivity contribution in [1.82, 2.24) is 15.2 Å². The van der Waals surface area contributed by atoms with E-state index in [1.54, 1.807) is 22.7 Å². The van der Waals surface area contributed by atoms with E-state index in [4.69, 9.17) is 4.74 Å². The molecule has 5 nitrogen and oxygen atoms in total. The summed E-state index contributed by atoms with van der Waals surface area (Å²) in [5.74, 6) is 0.647. The molecule has 1 fully saturated rings. The summed E-state index contributed by atoms with van der Waals surface area (Å²) in [7, 11) is 0. The molecular formula is C20H29N3O2S2. The van der Waals surface area contributed by atoms with Crippen molar-refractivity contribution in [3.63, 3.8) is 0 Å². The highest BCUT2D eigenvalue weighted by atomic mass is 32.1. The van der Waals surface area contributed by atoms with Crippen LogP contribution in [0.2, 0.25) is 0 Å². The SMILES string of the molecule is CCC(CC)C(CNC(=O)Cc1csc(-c2ccsc2)n1)N1CCOCC1. The van der Waals surface area contributed by atoms with Gasteiger partial charge in [-0.1, -0.05) is 26.7 Å². The minimum atomic E-state index is 0.0568. The lowest BCUT2D eigenvalue weighted by atomic mass is 9.92. The first-order valence-electron chi connectivity index (χ1n) is 9.76. The fraction of sp³-hybridized carbons (Fsp3) is 0.600. The second-order valence-corrected chi connectivity index (χ2v) is 8.57. The average molecular weight is 408 g/mol. The molecule has 1 amide bonds. The number of amides is 1. The van der Waals surface area contributed by atoms with Gasteiger partial charge >= 0.3 is 0 Å². The van der Waals surface area contributed by atoms with Crippen LogP contribution in [0, 0.1) is 5.92 Å². The first-order chi connectivity index (χ1) is 13.2. The summed E-state index contributed by atoms with van der Waals surface area (Å²) in [6.07, 6.45) is 2.61. The van der Waals surface area contributed by atoms with Crippen LogP contribution in [0.25, 0.3) is 10.6 Å². The van der Waals surface area contributed by atoms with Crippen LogP contribution >= 0.6 is 22.7 Å². The number of nitrogens with one attached hydrogen (secondary N) is 1. The number of rotatable bonds is 9. The number of hydrogen-bond donors (Lipinski definition) is 1. The van der Waals surface area contributed by atoms with Crippen molar-refractivity contribution in [3.8, 4) is 10.6 Å². The molecule has 0 radical (unpaired) electrons. The Morgan fingerprint density at radius 1 is 1.30 bits per heavy atom. The molecule has 0 aliphatic carbocycles. The minimum Gasteiger partial charge on any atom is -0.379 e. The maximum absolute atomic E-state index is 12.5. The van der Waals surface area contributed by atoms with E-state index in [2.05, 4.69) is 40.5 Å². The third-order valence-electron chi connectivity index (χ3n) is 5.28. The first kappa shape index (κ1) is 20.5. The third kappa shape index (κ3) is 5.60. The number of morpholine rings is 1. The maximum atomic E-state index is 12.5. The summed E-state index contributed by atoms with van der Waals surface area (Å²) < 4.78 is 5.50. The summed E-state index contributed by atoms with van der Waals surface area (Å²) in [5.41, 5.74) is 1.99. The van der Waals surface area contributed by atoms with Crippen LogP contribution in [0.5, 0.6) is 0 Å². The molecule has 2 aromatic rings. The molecule has 3 heterocycles. The fourth-order valence-electron chi connectivity index (χ4n) is 3.69. The van der Waals surface area contributed by atoms with Crippen LogP contribution in [0.15, 0.2) is 22.2 Å². The van der Waals surface area contributed by atoms with Gasteiger partial charge in [-0.25, -0.2) is 4.98 Å². The molecular weight excluding hydrogens is 378 g/mol. The van der Waals surface area contributed by atoms with Crippen molar-refractivity contribution in [1.29, 1.82) is 0 Å². The van der Waals surface area contributed by atoms with E-state index in [9.17, 15) is 4.79 Å². The van der Waals surface area contributed by atoms with Gasteiger partial charge in [-0.05, 0) is 17.4 Å². The van der Waals surface area contributed by atoms with Crippen molar-refractivity contribution in [2.45, 2.75) is 39.2 Å². The molecule has 1 aliphatic heterocycles. The zero-order chi connectivity index (χ0) is 19.1. The van der Waals surface area contributed by atoms with E-state index in [-0.39, 0.29) is 5.91 Å². The Labute approximate surface area is 169 Å². The Morgan fingerprint density at radius 3 is 2.74 bits per heavy atom. The molecule has 0 spiro atoms. The van der Waals surface area contributed by atoms with E-state index in [1.165, 1.54) is 0 Å². The predicted octanol–water partition coefficient (Wildman–Crippen LogP) is 3.67. The molecule has 0 saturated carbocycles. The molecule has 1 saturated heterocycles. The molecule has 148 valence electrons. The molecule has 1 N–H and O–H groups in total. The number of carbonyl (C=O) groups is 1. The number of ether oxygens (including phenoxy) is 1. The molecule has 1 atom stereocenters. The Bertz CT molecular complexity index is 692. The second kappa shape index (κ2) is 10.3. The lowest BCUT2D eigenvalue weighted by Gasteiger charge is -2.38. The number of hydrogen-bond acceptors (Lipinski definition) is 6. The summed E-state index contributed by atoms with van der Waals surface area (Å²) in [4.78, 5) is 19.6. The van der Waals surface area contributed by atoms with Gasteiger partial charge in [0.25, 0.3) is 0 Å². The standard InChI is InChI=1S/C20H29N3O2S2/c1-3-15(4-2)18(23-6-8-25-9-7-23)12-21-19(24)11-17-14-27-20(22-17)16-5-10-26-13-16/h5,10,13-15,18H,3-4,6-9,11-12H2,1-2H3,(H,21,24). The zero-order valence-corrected chi connectivity index (χ0v) is 17.8. The molecule has 2 aromatic heterocycles. The lowest BCUT2D eigenvalue weighted by molar-refractivity contribution is -0.121. The van der Waals surface area contributed by atoms with Crippen molar-refractivity contribution >= 4 is 28.6 Å². The van der Waals surface area contributed by atoms with Crippen LogP contribution in [0.4, 0.5) is 0 Å². The van der Waals surface area contributed by atoms with Crippen molar-refractivity contribution < 1.29 is 9.53 Å². The van der Waals surface area contributed by atoms with Gasteiger partial charge in [0, 0.05) is 42.0 Å². The van der Waals surface area contributed by atoms with Crippen LogP contribution in [-0.2, 0) is 16.0 Å². The van der Waals surface area contributed by atoms with Gasteiger partial charge in [0.1, 0.15) is 5.01 Å². The summed E-state index contributed by atoms with van der Waals surface area (Å²) in [6.45, 7) is 8.66. The van der Waals surface area contributed by atoms with E-state index in [1.807, 2.05) is 10.8 Å². The molecule has 7 heteroatoms. The monoisotopic (exact) mass is 407 g/mol. The molecule has 27 heavy (non-hydrogen) atoms. The number of aromatic nitrogens is 1. The normalized spacial score (nSPS) is 16.6. The molecule has 3 rings (SSSR count). The predicted molar refractivity (Wildman–Crippen MR) is 112 cm³/mol. The van der Waals surface area contributed by atoms with Crippen LogP contribution < -0.4 is 5.32 Å². The largest absolute Gasteiger partial charge is 0.379 e. The van der Waals surface area contributed by atoms with Gasteiger partial charge in [0.05, 0.1) is 25.3 Å². The van der Waals surface area contributed by atoms with Gasteiger partial charge in [0.15, 0.2) is 0 Å². The van der Waals surface area contributed by atoms with Crippen molar-refractivity contribution in [3.05, 3.63) is 27.9 Å². The van der Waals surface area contributed by atoms with Crippen LogP contribution in [0.1, 0.15) is 32.4 Å². The quantitative estimate of drug-likeness (QED) is 0.689. The van der Waals surface area contributed by atoms with E-state index < -0.39 is 0 Å². The molecule has 1 unspecified atom stereocenters. The van der Waals surface area contributed by atoms with Crippen molar-refractivity contribution in [2.75, 3.05) is 32.8 Å². The highest BCUT2D eigenvalue weighted by molar-refractivity contribution is 7.14. The number of thiazole rings is 1. The summed E-state index contributed by atoms with van der Waals surface area (Å²) >= 11 is 3.27. The minimum absolute atomic E-state index is 0.0568. The zero-order valence-electron chi connectivity index (χ0n) is 16.1. The second-order valence-electron chi connectivity index (χ2n) is 6.93. The average Bonchev–Trinajstić information content (AvgIpc) is 3.37. The first-order valence-corrected chi connectivity index (χ1v) is 11.6. The molecule has 0 bridgehead atoms. The Morgan fingerprint density at radius 2 is 2.07 bits per heavy atom. The number of carbonyl (C=O) groups excluding carboxylic acids is 1. The maximum Gasteiger partial charge on any atom is 0.226 e. The smallest absolute Gasteiger partial charge is 0.226 e. The van der Waals surface area contributed by atoms with E-state index in [0.29, 0.717) is 24.9 Å². The summed E-state index contributed by atoms with van der Waals surface area (Å²) in [5, 5.41) is 10.3. The fourth-order valence-corrected chi connectivity index (χ4v) is 5.22. The van der Waals surface area contributed by atoms with Gasteiger partial charge in [-0.3, -0.25) is 9.69 Å².